The minimum Gasteiger partial charge on any atom is -0.475 e. The van der Waals surface area contributed by atoms with Crippen LogP contribution in [0.25, 0.3) is 0 Å². The predicted octanol–water partition coefficient (Wildman–Crippen LogP) is 1.58. The molecule has 1 fully saturated rings. The summed E-state index contributed by atoms with van der Waals surface area (Å²) in [4.78, 5) is 22.1. The Hall–Kier alpha value is -1.98. The van der Waals surface area contributed by atoms with Gasteiger partial charge in [-0.2, -0.15) is 0 Å². The molecule has 0 aromatic carbocycles. The van der Waals surface area contributed by atoms with E-state index in [0.29, 0.717) is 5.76 Å². The van der Waals surface area contributed by atoms with Crippen LogP contribution in [0.2, 0.25) is 0 Å². The van der Waals surface area contributed by atoms with E-state index in [2.05, 4.69) is 24.5 Å². The molecular formula is C12H16N2O4. The van der Waals surface area contributed by atoms with E-state index in [1.165, 1.54) is 12.1 Å². The monoisotopic (exact) mass is 252 g/mol. The number of carbonyl (C=O) groups excluding carboxylic acids is 1. The molecule has 0 aliphatic heterocycles. The molecule has 1 aromatic rings. The maximum Gasteiger partial charge on any atom is 0.371 e. The van der Waals surface area contributed by atoms with Crippen LogP contribution in [0.15, 0.2) is 16.5 Å². The molecule has 6 heteroatoms. The molecule has 18 heavy (non-hydrogen) atoms. The number of carboxylic acids is 1. The van der Waals surface area contributed by atoms with Crippen LogP contribution in [-0.4, -0.2) is 23.1 Å². The molecule has 2 rings (SSSR count). The number of nitrogens with one attached hydrogen (secondary N) is 2. The van der Waals surface area contributed by atoms with Gasteiger partial charge in [0.2, 0.25) is 5.76 Å². The van der Waals surface area contributed by atoms with Gasteiger partial charge in [0.25, 0.3) is 0 Å². The van der Waals surface area contributed by atoms with Gasteiger partial charge in [-0.15, -0.1) is 0 Å². The van der Waals surface area contributed by atoms with Crippen molar-refractivity contribution >= 4 is 12.0 Å². The molecule has 6 nitrogen and oxygen atoms in total. The van der Waals surface area contributed by atoms with Gasteiger partial charge >= 0.3 is 12.0 Å². The Morgan fingerprint density at radius 2 is 2.17 bits per heavy atom. The third kappa shape index (κ3) is 2.82. The summed E-state index contributed by atoms with van der Waals surface area (Å²) in [6, 6.07) is 2.84. The maximum absolute atomic E-state index is 11.5. The molecule has 3 N–H and O–H groups in total. The fraction of sp³-hybridized carbons (Fsp3) is 0.500. The topological polar surface area (TPSA) is 91.6 Å². The average molecular weight is 252 g/mol. The van der Waals surface area contributed by atoms with E-state index in [1.54, 1.807) is 0 Å². The molecule has 0 radical (unpaired) electrons. The zero-order valence-electron chi connectivity index (χ0n) is 10.3. The van der Waals surface area contributed by atoms with E-state index >= 15 is 0 Å². The Balaban J connectivity index is 1.77. The lowest BCUT2D eigenvalue weighted by atomic mass is 10.2. The molecule has 1 heterocycles. The fourth-order valence-electron chi connectivity index (χ4n) is 1.68. The fourth-order valence-corrected chi connectivity index (χ4v) is 1.68. The third-order valence-electron chi connectivity index (χ3n) is 3.11. The summed E-state index contributed by atoms with van der Waals surface area (Å²) in [6.45, 7) is 4.35. The van der Waals surface area contributed by atoms with Crippen molar-refractivity contribution in [3.63, 3.8) is 0 Å². The molecule has 98 valence electrons. The minimum absolute atomic E-state index is 0.129. The lowest BCUT2D eigenvalue weighted by Crippen LogP contribution is -2.37. The van der Waals surface area contributed by atoms with Crippen molar-refractivity contribution in [3.8, 4) is 0 Å². The van der Waals surface area contributed by atoms with Gasteiger partial charge < -0.3 is 20.2 Å². The summed E-state index contributed by atoms with van der Waals surface area (Å²) in [5, 5.41) is 14.1. The van der Waals surface area contributed by atoms with Crippen LogP contribution < -0.4 is 10.6 Å². The van der Waals surface area contributed by atoms with Gasteiger partial charge in [0.05, 0.1) is 6.54 Å². The second-order valence-corrected chi connectivity index (χ2v) is 5.14. The second kappa shape index (κ2) is 4.36. The second-order valence-electron chi connectivity index (χ2n) is 5.14. The Morgan fingerprint density at radius 3 is 2.67 bits per heavy atom. The van der Waals surface area contributed by atoms with Crippen molar-refractivity contribution in [3.05, 3.63) is 23.7 Å². The normalized spacial score (nSPS) is 20.2. The number of hydrogen-bond donors (Lipinski definition) is 3. The highest BCUT2D eigenvalue weighted by atomic mass is 16.4. The van der Waals surface area contributed by atoms with Crippen molar-refractivity contribution in [1.29, 1.82) is 0 Å². The number of carbonyl (C=O) groups is 2. The first-order valence-corrected chi connectivity index (χ1v) is 5.75. The highest BCUT2D eigenvalue weighted by Gasteiger charge is 2.46. The number of urea groups is 1. The Labute approximate surface area is 104 Å². The SMILES string of the molecule is CC1(C)CC1NC(=O)NCc1ccc(C(=O)O)o1. The van der Waals surface area contributed by atoms with Gasteiger partial charge in [-0.3, -0.25) is 0 Å². The highest BCUT2D eigenvalue weighted by molar-refractivity contribution is 5.84. The number of furan rings is 1. The third-order valence-corrected chi connectivity index (χ3v) is 3.11. The predicted molar refractivity (Wildman–Crippen MR) is 63.2 cm³/mol. The zero-order chi connectivity index (χ0) is 13.3. The van der Waals surface area contributed by atoms with E-state index in [9.17, 15) is 9.59 Å². The van der Waals surface area contributed by atoms with Crippen LogP contribution in [-0.2, 0) is 6.54 Å². The first-order valence-electron chi connectivity index (χ1n) is 5.75. The van der Waals surface area contributed by atoms with Crippen LogP contribution in [0.5, 0.6) is 0 Å². The van der Waals surface area contributed by atoms with Crippen molar-refractivity contribution in [2.75, 3.05) is 0 Å². The number of carboxylic acid groups (broad SMARTS) is 1. The smallest absolute Gasteiger partial charge is 0.371 e. The zero-order valence-corrected chi connectivity index (χ0v) is 10.3. The van der Waals surface area contributed by atoms with E-state index in [1.807, 2.05) is 0 Å². The van der Waals surface area contributed by atoms with E-state index in [4.69, 9.17) is 9.52 Å². The Bertz CT molecular complexity index is 478. The molecule has 0 bridgehead atoms. The molecule has 0 saturated heterocycles. The molecule has 1 unspecified atom stereocenters. The molecule has 1 atom stereocenters. The van der Waals surface area contributed by atoms with Gasteiger partial charge in [0, 0.05) is 6.04 Å². The molecular weight excluding hydrogens is 236 g/mol. The lowest BCUT2D eigenvalue weighted by molar-refractivity contribution is 0.0660. The summed E-state index contributed by atoms with van der Waals surface area (Å²) in [7, 11) is 0. The Morgan fingerprint density at radius 1 is 1.50 bits per heavy atom. The van der Waals surface area contributed by atoms with Crippen LogP contribution >= 0.6 is 0 Å². The largest absolute Gasteiger partial charge is 0.475 e. The average Bonchev–Trinajstić information content (AvgIpc) is 2.73. The first-order chi connectivity index (χ1) is 8.38. The lowest BCUT2D eigenvalue weighted by Gasteiger charge is -2.07. The standard InChI is InChI=1S/C12H16N2O4/c1-12(2)5-9(12)14-11(17)13-6-7-3-4-8(18-7)10(15)16/h3-4,9H,5-6H2,1-2H3,(H,15,16)(H2,13,14,17). The van der Waals surface area contributed by atoms with Crippen LogP contribution in [0.4, 0.5) is 4.79 Å². The van der Waals surface area contributed by atoms with Crippen molar-refractivity contribution in [2.24, 2.45) is 5.41 Å². The highest BCUT2D eigenvalue weighted by Crippen LogP contribution is 2.44. The van der Waals surface area contributed by atoms with Crippen molar-refractivity contribution in [1.82, 2.24) is 10.6 Å². The molecule has 1 aliphatic rings. The Kier molecular flexibility index (Phi) is 3.02. The number of hydrogen-bond acceptors (Lipinski definition) is 3. The van der Waals surface area contributed by atoms with Gasteiger partial charge in [-0.1, -0.05) is 13.8 Å². The summed E-state index contributed by atoms with van der Waals surface area (Å²) in [5.74, 6) is -0.835. The van der Waals surface area contributed by atoms with E-state index < -0.39 is 5.97 Å². The van der Waals surface area contributed by atoms with Crippen molar-refractivity contribution < 1.29 is 19.1 Å². The molecule has 1 saturated carbocycles. The number of rotatable bonds is 4. The summed E-state index contributed by atoms with van der Waals surface area (Å²) in [6.07, 6.45) is 0.977. The van der Waals surface area contributed by atoms with Gasteiger partial charge in [-0.05, 0) is 24.0 Å². The van der Waals surface area contributed by atoms with Gasteiger partial charge in [-0.25, -0.2) is 9.59 Å². The minimum atomic E-state index is -1.12. The molecule has 0 spiro atoms. The van der Waals surface area contributed by atoms with Crippen molar-refractivity contribution in [2.45, 2.75) is 32.9 Å². The summed E-state index contributed by atoms with van der Waals surface area (Å²) < 4.78 is 5.01. The molecule has 2 amide bonds. The summed E-state index contributed by atoms with van der Waals surface area (Å²) in [5.41, 5.74) is 0.179. The molecule has 1 aromatic heterocycles. The van der Waals surface area contributed by atoms with Crippen LogP contribution in [0.3, 0.4) is 0 Å². The van der Waals surface area contributed by atoms with Crippen LogP contribution in [0, 0.1) is 5.41 Å². The van der Waals surface area contributed by atoms with E-state index in [-0.39, 0.29) is 29.8 Å². The molecule has 1 aliphatic carbocycles. The maximum atomic E-state index is 11.5. The quantitative estimate of drug-likeness (QED) is 0.758. The van der Waals surface area contributed by atoms with Gasteiger partial charge in [0.15, 0.2) is 0 Å². The van der Waals surface area contributed by atoms with Gasteiger partial charge in [0.1, 0.15) is 5.76 Å². The summed E-state index contributed by atoms with van der Waals surface area (Å²) >= 11 is 0. The first kappa shape index (κ1) is 12.5. The number of amides is 2. The number of aromatic carboxylic acids is 1. The van der Waals surface area contributed by atoms with E-state index in [0.717, 1.165) is 6.42 Å². The van der Waals surface area contributed by atoms with Crippen LogP contribution in [0.1, 0.15) is 36.6 Å².